The van der Waals surface area contributed by atoms with Crippen molar-refractivity contribution in [3.63, 3.8) is 0 Å². The van der Waals surface area contributed by atoms with Gasteiger partial charge in [0.25, 0.3) is 0 Å². The quantitative estimate of drug-likeness (QED) is 0.390. The van der Waals surface area contributed by atoms with E-state index in [0.29, 0.717) is 34.6 Å². The first kappa shape index (κ1) is 23.6. The summed E-state index contributed by atoms with van der Waals surface area (Å²) in [6.45, 7) is 0.782. The Morgan fingerprint density at radius 1 is 1.17 bits per heavy atom. The number of fused-ring (bicyclic) bond motifs is 1. The second-order valence-electron chi connectivity index (χ2n) is 8.32. The van der Waals surface area contributed by atoms with Crippen molar-refractivity contribution in [3.05, 3.63) is 65.6 Å². The minimum absolute atomic E-state index is 0.00780. The van der Waals surface area contributed by atoms with Gasteiger partial charge in [-0.1, -0.05) is 23.7 Å². The molecule has 8 nitrogen and oxygen atoms in total. The molecule has 35 heavy (non-hydrogen) atoms. The Morgan fingerprint density at radius 3 is 2.83 bits per heavy atom. The Balaban J connectivity index is 1.32. The molecule has 5 rings (SSSR count). The Kier molecular flexibility index (Phi) is 6.39. The topological polar surface area (TPSA) is 104 Å². The molecule has 1 aromatic carbocycles. The summed E-state index contributed by atoms with van der Waals surface area (Å²) >= 11 is 6.06. The Morgan fingerprint density at radius 2 is 2.00 bits per heavy atom. The Bertz CT molecular complexity index is 1500. The summed E-state index contributed by atoms with van der Waals surface area (Å²) in [6, 6.07) is 7.05. The molecule has 182 valence electrons. The second kappa shape index (κ2) is 9.48. The van der Waals surface area contributed by atoms with Crippen molar-refractivity contribution in [2.45, 2.75) is 17.7 Å². The number of rotatable bonds is 6. The minimum atomic E-state index is -3.97. The van der Waals surface area contributed by atoms with Crippen LogP contribution in [0.1, 0.15) is 12.8 Å². The zero-order valence-electron chi connectivity index (χ0n) is 18.4. The van der Waals surface area contributed by atoms with Gasteiger partial charge in [0.1, 0.15) is 16.4 Å². The van der Waals surface area contributed by atoms with Crippen LogP contribution in [-0.2, 0) is 10.0 Å². The lowest BCUT2D eigenvalue weighted by molar-refractivity contribution is 0.274. The van der Waals surface area contributed by atoms with E-state index in [1.54, 1.807) is 12.3 Å². The van der Waals surface area contributed by atoms with Gasteiger partial charge < -0.3 is 10.3 Å². The lowest BCUT2D eigenvalue weighted by Crippen LogP contribution is -2.42. The molecule has 12 heteroatoms. The highest BCUT2D eigenvalue weighted by Gasteiger charge is 2.32. The number of pyridine rings is 1. The summed E-state index contributed by atoms with van der Waals surface area (Å²) in [5.41, 5.74) is 1.23. The average Bonchev–Trinajstić information content (AvgIpc) is 3.27. The number of aromatic amines is 1. The molecule has 1 unspecified atom stereocenters. The predicted octanol–water partition coefficient (Wildman–Crippen LogP) is 4.46. The van der Waals surface area contributed by atoms with Crippen LogP contribution < -0.4 is 5.32 Å². The first-order valence-electron chi connectivity index (χ1n) is 11.0. The summed E-state index contributed by atoms with van der Waals surface area (Å²) < 4.78 is 55.8. The molecule has 3 aromatic heterocycles. The average molecular weight is 519 g/mol. The van der Waals surface area contributed by atoms with E-state index in [-0.39, 0.29) is 35.5 Å². The Hall–Kier alpha value is -3.15. The molecular formula is C23H21ClF2N6O2S. The summed E-state index contributed by atoms with van der Waals surface area (Å²) in [6.07, 6.45) is 5.63. The monoisotopic (exact) mass is 518 g/mol. The zero-order chi connectivity index (χ0) is 24.6. The molecule has 0 aliphatic carbocycles. The maximum atomic E-state index is 14.5. The molecule has 2 N–H and O–H groups in total. The van der Waals surface area contributed by atoms with E-state index in [1.807, 2.05) is 0 Å². The van der Waals surface area contributed by atoms with Crippen molar-refractivity contribution in [3.8, 4) is 11.4 Å². The van der Waals surface area contributed by atoms with Gasteiger partial charge in [-0.05, 0) is 37.0 Å². The van der Waals surface area contributed by atoms with E-state index < -0.39 is 21.7 Å². The molecule has 1 atom stereocenters. The number of benzene rings is 1. The fourth-order valence-corrected chi connectivity index (χ4v) is 6.01. The van der Waals surface area contributed by atoms with E-state index in [1.165, 1.54) is 28.7 Å². The van der Waals surface area contributed by atoms with E-state index >= 15 is 0 Å². The number of sulfonamides is 1. The fourth-order valence-electron chi connectivity index (χ4n) is 4.23. The summed E-state index contributed by atoms with van der Waals surface area (Å²) in [5, 5.41) is 4.15. The molecular weight excluding hydrogens is 498 g/mol. The first-order valence-corrected chi connectivity index (χ1v) is 12.8. The van der Waals surface area contributed by atoms with Crippen LogP contribution in [0.5, 0.6) is 0 Å². The number of nitrogens with one attached hydrogen (secondary N) is 2. The maximum absolute atomic E-state index is 14.5. The van der Waals surface area contributed by atoms with E-state index in [2.05, 4.69) is 25.3 Å². The minimum Gasteiger partial charge on any atom is -0.367 e. The number of hydrogen-bond acceptors (Lipinski definition) is 6. The number of aromatic nitrogens is 4. The maximum Gasteiger partial charge on any atom is 0.245 e. The number of hydrogen-bond donors (Lipinski definition) is 2. The van der Waals surface area contributed by atoms with Crippen molar-refractivity contribution in [2.24, 2.45) is 5.92 Å². The highest BCUT2D eigenvalue weighted by atomic mass is 35.5. The third-order valence-electron chi connectivity index (χ3n) is 5.98. The molecule has 0 spiro atoms. The van der Waals surface area contributed by atoms with E-state index in [9.17, 15) is 17.2 Å². The first-order chi connectivity index (χ1) is 16.8. The molecule has 0 saturated carbocycles. The third-order valence-corrected chi connectivity index (χ3v) is 8.08. The van der Waals surface area contributed by atoms with Crippen LogP contribution in [0.15, 0.2) is 53.8 Å². The standard InChI is InChI=1S/C23H21ClF2N6O2S/c24-15-8-16-17(11-29-21(16)28-10-15)22-30-12-19(26)23(31-22)27-9-14-4-3-7-32(13-14)35(33,34)20-6-2-1-5-18(20)25/h1-2,5-6,8,10-12,14H,3-4,7,9,13H2,(H,28,29)(H,27,30,31). The van der Waals surface area contributed by atoms with Crippen molar-refractivity contribution < 1.29 is 17.2 Å². The lowest BCUT2D eigenvalue weighted by atomic mass is 10.00. The van der Waals surface area contributed by atoms with Crippen molar-refractivity contribution >= 4 is 38.5 Å². The van der Waals surface area contributed by atoms with Gasteiger partial charge in [-0.15, -0.1) is 0 Å². The van der Waals surface area contributed by atoms with Crippen LogP contribution in [0.4, 0.5) is 14.6 Å². The molecule has 0 bridgehead atoms. The van der Waals surface area contributed by atoms with Gasteiger partial charge in [-0.3, -0.25) is 0 Å². The summed E-state index contributed by atoms with van der Waals surface area (Å²) in [7, 11) is -3.97. The highest BCUT2D eigenvalue weighted by Crippen LogP contribution is 2.29. The molecule has 1 aliphatic rings. The largest absolute Gasteiger partial charge is 0.367 e. The van der Waals surface area contributed by atoms with Crippen LogP contribution in [0.25, 0.3) is 22.4 Å². The van der Waals surface area contributed by atoms with Crippen molar-refractivity contribution in [2.75, 3.05) is 25.0 Å². The molecule has 0 radical (unpaired) electrons. The SMILES string of the molecule is O=S(=O)(c1ccccc1F)N1CCCC(CNc2nc(-c3c[nH]c4ncc(Cl)cc34)ncc2F)C1. The van der Waals surface area contributed by atoms with E-state index in [4.69, 9.17) is 11.6 Å². The molecule has 1 aliphatic heterocycles. The van der Waals surface area contributed by atoms with Gasteiger partial charge >= 0.3 is 0 Å². The molecule has 1 saturated heterocycles. The van der Waals surface area contributed by atoms with Gasteiger partial charge in [-0.25, -0.2) is 32.2 Å². The normalized spacial score (nSPS) is 17.1. The van der Waals surface area contributed by atoms with Crippen LogP contribution >= 0.6 is 11.6 Å². The van der Waals surface area contributed by atoms with E-state index in [0.717, 1.165) is 18.7 Å². The van der Waals surface area contributed by atoms with Gasteiger partial charge in [-0.2, -0.15) is 4.31 Å². The number of halogens is 3. The summed E-state index contributed by atoms with van der Waals surface area (Å²) in [5.74, 6) is -1.22. The Labute approximate surface area is 205 Å². The summed E-state index contributed by atoms with van der Waals surface area (Å²) in [4.78, 5) is 15.3. The van der Waals surface area contributed by atoms with Gasteiger partial charge in [0.05, 0.1) is 11.2 Å². The number of H-pyrrole nitrogens is 1. The lowest BCUT2D eigenvalue weighted by Gasteiger charge is -2.32. The van der Waals surface area contributed by atoms with Crippen LogP contribution in [-0.4, -0.2) is 52.3 Å². The van der Waals surface area contributed by atoms with Crippen LogP contribution in [0, 0.1) is 17.6 Å². The fraction of sp³-hybridized carbons (Fsp3) is 0.261. The molecule has 4 heterocycles. The molecule has 0 amide bonds. The van der Waals surface area contributed by atoms with Gasteiger partial charge in [0.15, 0.2) is 17.5 Å². The molecule has 1 fully saturated rings. The number of nitrogens with zero attached hydrogens (tertiary/aromatic N) is 4. The highest BCUT2D eigenvalue weighted by molar-refractivity contribution is 7.89. The van der Waals surface area contributed by atoms with Crippen molar-refractivity contribution in [1.29, 1.82) is 0 Å². The van der Waals surface area contributed by atoms with Gasteiger partial charge in [0.2, 0.25) is 10.0 Å². The second-order valence-corrected chi connectivity index (χ2v) is 10.7. The predicted molar refractivity (Wildman–Crippen MR) is 128 cm³/mol. The van der Waals surface area contributed by atoms with Crippen LogP contribution in [0.3, 0.4) is 0 Å². The van der Waals surface area contributed by atoms with Crippen LogP contribution in [0.2, 0.25) is 5.02 Å². The molecule has 4 aromatic rings. The number of piperidine rings is 1. The number of anilines is 1. The van der Waals surface area contributed by atoms with Crippen molar-refractivity contribution in [1.82, 2.24) is 24.2 Å². The smallest absolute Gasteiger partial charge is 0.245 e. The van der Waals surface area contributed by atoms with Gasteiger partial charge in [0, 0.05) is 43.0 Å². The third kappa shape index (κ3) is 4.71. The zero-order valence-corrected chi connectivity index (χ0v) is 20.0.